The Hall–Kier alpha value is -8.46. The highest BCUT2D eigenvalue weighted by atomic mass is 16.3. The van der Waals surface area contributed by atoms with Crippen molar-refractivity contribution in [1.82, 2.24) is 0 Å². The van der Waals surface area contributed by atoms with Crippen LogP contribution in [0.25, 0.3) is 76.9 Å². The smallest absolute Gasteiger partial charge is 0.136 e. The van der Waals surface area contributed by atoms with Crippen LogP contribution in [0.1, 0.15) is 22.3 Å². The maximum atomic E-state index is 6.32. The molecule has 0 unspecified atom stereocenters. The summed E-state index contributed by atoms with van der Waals surface area (Å²) in [5, 5.41) is 7.32. The number of para-hydroxylation sites is 1. The van der Waals surface area contributed by atoms with Gasteiger partial charge in [-0.1, -0.05) is 200 Å². The third-order valence-electron chi connectivity index (χ3n) is 13.8. The number of nitrogens with zero attached hydrogens (tertiary/aromatic N) is 1. The topological polar surface area (TPSA) is 16.4 Å². The molecular formula is C63H41NO. The van der Waals surface area contributed by atoms with Gasteiger partial charge in [-0.05, 0) is 120 Å². The monoisotopic (exact) mass is 827 g/mol. The van der Waals surface area contributed by atoms with E-state index in [1.807, 2.05) is 12.1 Å². The van der Waals surface area contributed by atoms with Crippen molar-refractivity contribution >= 4 is 60.5 Å². The van der Waals surface area contributed by atoms with E-state index < -0.39 is 5.41 Å². The Labute approximate surface area is 377 Å². The van der Waals surface area contributed by atoms with Gasteiger partial charge in [-0.25, -0.2) is 0 Å². The first kappa shape index (κ1) is 37.1. The zero-order valence-electron chi connectivity index (χ0n) is 35.5. The molecule has 11 aromatic carbocycles. The fraction of sp³-hybridized carbons (Fsp3) is 0.0159. The second-order valence-electron chi connectivity index (χ2n) is 17.2. The SMILES string of the molecule is c1ccc(C2(c3ccccc3)c3ccccc3-c3c(N(c4ccc(-c5ccc6c(c5)oc5ccccc56)cc4)c4ccc(-c5cccc6c5ccc5ccccc56)cc4)cccc32)cc1. The van der Waals surface area contributed by atoms with Crippen LogP contribution in [0.2, 0.25) is 0 Å². The summed E-state index contributed by atoms with van der Waals surface area (Å²) in [6.07, 6.45) is 0. The summed E-state index contributed by atoms with van der Waals surface area (Å²) < 4.78 is 6.32. The maximum absolute atomic E-state index is 6.32. The molecule has 13 rings (SSSR count). The summed E-state index contributed by atoms with van der Waals surface area (Å²) in [6, 6.07) is 90.9. The maximum Gasteiger partial charge on any atom is 0.136 e. The Bertz CT molecular complexity index is 3710. The van der Waals surface area contributed by atoms with Crippen LogP contribution in [-0.2, 0) is 5.41 Å². The van der Waals surface area contributed by atoms with Gasteiger partial charge in [0.05, 0.1) is 11.1 Å². The fourth-order valence-corrected chi connectivity index (χ4v) is 10.9. The molecule has 0 atom stereocenters. The average molecular weight is 828 g/mol. The first-order valence-corrected chi connectivity index (χ1v) is 22.4. The molecule has 0 spiro atoms. The van der Waals surface area contributed by atoms with E-state index in [0.717, 1.165) is 50.1 Å². The van der Waals surface area contributed by atoms with Gasteiger partial charge in [0.1, 0.15) is 11.2 Å². The van der Waals surface area contributed by atoms with Crippen LogP contribution >= 0.6 is 0 Å². The number of hydrogen-bond acceptors (Lipinski definition) is 2. The van der Waals surface area contributed by atoms with Gasteiger partial charge >= 0.3 is 0 Å². The first-order chi connectivity index (χ1) is 32.2. The lowest BCUT2D eigenvalue weighted by atomic mass is 9.68. The van der Waals surface area contributed by atoms with Crippen LogP contribution in [0.4, 0.5) is 17.1 Å². The summed E-state index contributed by atoms with van der Waals surface area (Å²) >= 11 is 0. The van der Waals surface area contributed by atoms with E-state index in [2.05, 4.69) is 241 Å². The minimum Gasteiger partial charge on any atom is -0.456 e. The summed E-state index contributed by atoms with van der Waals surface area (Å²) in [7, 11) is 0. The molecule has 65 heavy (non-hydrogen) atoms. The molecule has 12 aromatic rings. The zero-order chi connectivity index (χ0) is 42.9. The second-order valence-corrected chi connectivity index (χ2v) is 17.2. The first-order valence-electron chi connectivity index (χ1n) is 22.4. The summed E-state index contributed by atoms with van der Waals surface area (Å²) in [4.78, 5) is 2.45. The molecule has 0 saturated heterocycles. The van der Waals surface area contributed by atoms with E-state index in [1.54, 1.807) is 0 Å². The molecule has 0 saturated carbocycles. The molecule has 1 aliphatic carbocycles. The second kappa shape index (κ2) is 14.8. The Kier molecular flexibility index (Phi) is 8.47. The van der Waals surface area contributed by atoms with Gasteiger partial charge in [-0.3, -0.25) is 0 Å². The van der Waals surface area contributed by atoms with Crippen molar-refractivity contribution in [3.8, 4) is 33.4 Å². The van der Waals surface area contributed by atoms with Crippen LogP contribution in [0.3, 0.4) is 0 Å². The highest BCUT2D eigenvalue weighted by molar-refractivity contribution is 6.12. The fourth-order valence-electron chi connectivity index (χ4n) is 10.9. The number of benzene rings is 11. The molecule has 0 fully saturated rings. The number of hydrogen-bond donors (Lipinski definition) is 0. The van der Waals surface area contributed by atoms with Crippen molar-refractivity contribution in [2.45, 2.75) is 5.41 Å². The summed E-state index contributed by atoms with van der Waals surface area (Å²) in [5.41, 5.74) is 16.8. The zero-order valence-corrected chi connectivity index (χ0v) is 35.5. The standard InChI is InChI=1S/C63H41NO/c1-3-16-46(17-4-1)63(47-18-5-2-6-19-47)57-25-11-9-22-56(57)62-58(63)26-14-27-59(62)64(48-35-29-42(30-36-48)45-34-40-55-54-21-10-12-28-60(54)65-61(55)41-45)49-37-31-44(32-38-49)51-23-13-24-52-50-20-8-7-15-43(50)33-39-53(51)52/h1-41H. The van der Waals surface area contributed by atoms with E-state index in [1.165, 1.54) is 66.1 Å². The van der Waals surface area contributed by atoms with E-state index in [9.17, 15) is 0 Å². The number of anilines is 3. The van der Waals surface area contributed by atoms with Crippen molar-refractivity contribution in [3.05, 3.63) is 271 Å². The third kappa shape index (κ3) is 5.74. The van der Waals surface area contributed by atoms with E-state index >= 15 is 0 Å². The van der Waals surface area contributed by atoms with Crippen LogP contribution in [0.15, 0.2) is 253 Å². The van der Waals surface area contributed by atoms with Crippen LogP contribution < -0.4 is 4.90 Å². The lowest BCUT2D eigenvalue weighted by molar-refractivity contribution is 0.669. The third-order valence-corrected chi connectivity index (χ3v) is 13.8. The largest absolute Gasteiger partial charge is 0.456 e. The predicted octanol–water partition coefficient (Wildman–Crippen LogP) is 17.1. The van der Waals surface area contributed by atoms with E-state index in [-0.39, 0.29) is 0 Å². The van der Waals surface area contributed by atoms with E-state index in [0.29, 0.717) is 0 Å². The summed E-state index contributed by atoms with van der Waals surface area (Å²) in [5.74, 6) is 0. The molecule has 0 N–H and O–H groups in total. The van der Waals surface area contributed by atoms with Gasteiger partial charge in [0.15, 0.2) is 0 Å². The average Bonchev–Trinajstić information content (AvgIpc) is 3.91. The number of fused-ring (bicyclic) bond motifs is 9. The molecule has 2 nitrogen and oxygen atoms in total. The van der Waals surface area contributed by atoms with Crippen molar-refractivity contribution in [1.29, 1.82) is 0 Å². The minimum atomic E-state index is -0.516. The molecule has 0 bridgehead atoms. The number of rotatable bonds is 7. The Morgan fingerprint density at radius 2 is 0.877 bits per heavy atom. The van der Waals surface area contributed by atoms with Gasteiger partial charge in [-0.2, -0.15) is 0 Å². The van der Waals surface area contributed by atoms with Gasteiger partial charge in [0.25, 0.3) is 0 Å². The lowest BCUT2D eigenvalue weighted by Crippen LogP contribution is -2.28. The molecule has 0 aliphatic heterocycles. The molecular weight excluding hydrogens is 787 g/mol. The summed E-state index contributed by atoms with van der Waals surface area (Å²) in [6.45, 7) is 0. The molecule has 1 heterocycles. The van der Waals surface area contributed by atoms with Crippen molar-refractivity contribution in [2.75, 3.05) is 4.90 Å². The lowest BCUT2D eigenvalue weighted by Gasteiger charge is -2.34. The van der Waals surface area contributed by atoms with Gasteiger partial charge < -0.3 is 9.32 Å². The Morgan fingerprint density at radius 1 is 0.323 bits per heavy atom. The normalized spacial score (nSPS) is 12.7. The van der Waals surface area contributed by atoms with E-state index in [4.69, 9.17) is 4.42 Å². The molecule has 1 aliphatic rings. The molecule has 2 heteroatoms. The molecule has 0 amide bonds. The van der Waals surface area contributed by atoms with Gasteiger partial charge in [0, 0.05) is 27.7 Å². The highest BCUT2D eigenvalue weighted by Crippen LogP contribution is 2.59. The van der Waals surface area contributed by atoms with Crippen molar-refractivity contribution in [3.63, 3.8) is 0 Å². The number of furan rings is 1. The highest BCUT2D eigenvalue weighted by Gasteiger charge is 2.47. The van der Waals surface area contributed by atoms with Crippen molar-refractivity contribution in [2.24, 2.45) is 0 Å². The molecule has 0 radical (unpaired) electrons. The predicted molar refractivity (Wildman–Crippen MR) is 272 cm³/mol. The van der Waals surface area contributed by atoms with Crippen molar-refractivity contribution < 1.29 is 4.42 Å². The Balaban J connectivity index is 0.999. The quantitative estimate of drug-likeness (QED) is 0.149. The Morgan fingerprint density at radius 3 is 1.65 bits per heavy atom. The molecule has 1 aromatic heterocycles. The van der Waals surface area contributed by atoms with Crippen LogP contribution in [0.5, 0.6) is 0 Å². The minimum absolute atomic E-state index is 0.516. The van der Waals surface area contributed by atoms with Crippen LogP contribution in [0, 0.1) is 0 Å². The molecule has 304 valence electrons. The van der Waals surface area contributed by atoms with Gasteiger partial charge in [0.2, 0.25) is 0 Å². The van der Waals surface area contributed by atoms with Gasteiger partial charge in [-0.15, -0.1) is 0 Å². The van der Waals surface area contributed by atoms with Crippen LogP contribution in [-0.4, -0.2) is 0 Å².